The van der Waals surface area contributed by atoms with E-state index >= 15 is 0 Å². The fraction of sp³-hybridized carbons (Fsp3) is 0.476. The van der Waals surface area contributed by atoms with Gasteiger partial charge in [0, 0.05) is 12.2 Å². The average Bonchev–Trinajstić information content (AvgIpc) is 3.20. The molecule has 10 heteroatoms. The zero-order valence-electron chi connectivity index (χ0n) is 18.6. The van der Waals surface area contributed by atoms with Crippen molar-refractivity contribution in [3.8, 4) is 28.7 Å². The van der Waals surface area contributed by atoms with Crippen molar-refractivity contribution in [2.24, 2.45) is 0 Å². The molecule has 1 unspecified atom stereocenters. The van der Waals surface area contributed by atoms with E-state index < -0.39 is 16.2 Å². The molecule has 0 saturated carbocycles. The van der Waals surface area contributed by atoms with Gasteiger partial charge in [-0.25, -0.2) is 14.6 Å². The number of imidazole rings is 1. The zero-order valence-corrected chi connectivity index (χ0v) is 19.4. The summed E-state index contributed by atoms with van der Waals surface area (Å²) in [6, 6.07) is 3.97. The summed E-state index contributed by atoms with van der Waals surface area (Å²) in [5, 5.41) is 4.50. The van der Waals surface area contributed by atoms with Crippen LogP contribution in [-0.2, 0) is 20.8 Å². The molecule has 0 amide bonds. The van der Waals surface area contributed by atoms with Gasteiger partial charge < -0.3 is 9.30 Å². The van der Waals surface area contributed by atoms with Crippen LogP contribution in [0.2, 0.25) is 0 Å². The summed E-state index contributed by atoms with van der Waals surface area (Å²) in [7, 11) is -3.59. The Morgan fingerprint density at radius 2 is 1.87 bits per heavy atom. The molecule has 0 spiro atoms. The van der Waals surface area contributed by atoms with Crippen LogP contribution in [0.5, 0.6) is 5.75 Å². The van der Waals surface area contributed by atoms with Crippen LogP contribution < -0.4 is 4.74 Å². The molecule has 1 aliphatic heterocycles. The zero-order chi connectivity index (χ0) is 22.5. The van der Waals surface area contributed by atoms with Gasteiger partial charge in [0.15, 0.2) is 5.82 Å². The minimum absolute atomic E-state index is 0.150. The molecule has 3 aromatic rings. The van der Waals surface area contributed by atoms with Crippen LogP contribution in [0.3, 0.4) is 0 Å². The summed E-state index contributed by atoms with van der Waals surface area (Å²) in [5.74, 6) is 2.87. The Kier molecular flexibility index (Phi) is 5.38. The van der Waals surface area contributed by atoms with E-state index in [-0.39, 0.29) is 6.04 Å². The normalized spacial score (nSPS) is 14.7. The standard InChI is InChI=1S/C21H27N5O4S/c1-12(2)26-21(22-15(5)24-26)18-11-25-7-8-29-19-9-13(3)16(10-17(19)20(25)23-18)14(4)30-31(6,27)28/h9-12,14H,7-8H2,1-6H3. The van der Waals surface area contributed by atoms with E-state index in [0.29, 0.717) is 24.7 Å². The van der Waals surface area contributed by atoms with Crippen molar-refractivity contribution in [2.45, 2.75) is 53.3 Å². The first-order chi connectivity index (χ1) is 14.5. The third kappa shape index (κ3) is 4.22. The maximum absolute atomic E-state index is 11.6. The number of aryl methyl sites for hydroxylation is 2. The van der Waals surface area contributed by atoms with Gasteiger partial charge in [0.2, 0.25) is 0 Å². The van der Waals surface area contributed by atoms with Crippen LogP contribution in [0, 0.1) is 13.8 Å². The topological polar surface area (TPSA) is 101 Å². The molecule has 1 atom stereocenters. The lowest BCUT2D eigenvalue weighted by Gasteiger charge is -2.17. The quantitative estimate of drug-likeness (QED) is 0.555. The average molecular weight is 446 g/mol. The van der Waals surface area contributed by atoms with Gasteiger partial charge in [-0.3, -0.25) is 4.18 Å². The van der Waals surface area contributed by atoms with Crippen LogP contribution in [0.4, 0.5) is 0 Å². The lowest BCUT2D eigenvalue weighted by Crippen LogP contribution is -2.09. The van der Waals surface area contributed by atoms with Crippen molar-refractivity contribution in [3.05, 3.63) is 35.3 Å². The number of nitrogens with zero attached hydrogens (tertiary/aromatic N) is 5. The third-order valence-corrected chi connectivity index (χ3v) is 5.83. The van der Waals surface area contributed by atoms with Crippen molar-refractivity contribution >= 4 is 10.1 Å². The van der Waals surface area contributed by atoms with E-state index in [1.54, 1.807) is 6.92 Å². The number of hydrogen-bond donors (Lipinski definition) is 0. The summed E-state index contributed by atoms with van der Waals surface area (Å²) < 4.78 is 38.4. The largest absolute Gasteiger partial charge is 0.491 e. The van der Waals surface area contributed by atoms with Crippen LogP contribution in [0.1, 0.15) is 49.9 Å². The van der Waals surface area contributed by atoms with E-state index in [4.69, 9.17) is 13.9 Å². The summed E-state index contributed by atoms with van der Waals surface area (Å²) >= 11 is 0. The first-order valence-electron chi connectivity index (χ1n) is 10.2. The second-order valence-corrected chi connectivity index (χ2v) is 9.76. The minimum Gasteiger partial charge on any atom is -0.491 e. The Morgan fingerprint density at radius 3 is 2.55 bits per heavy atom. The molecule has 0 radical (unpaired) electrons. The molecule has 1 aromatic carbocycles. The second-order valence-electron chi connectivity index (χ2n) is 8.16. The van der Waals surface area contributed by atoms with Gasteiger partial charge in [-0.05, 0) is 57.9 Å². The van der Waals surface area contributed by atoms with Crippen LogP contribution >= 0.6 is 0 Å². The van der Waals surface area contributed by atoms with Crippen LogP contribution in [-0.4, -0.2) is 45.6 Å². The summed E-state index contributed by atoms with van der Waals surface area (Å²) in [6.07, 6.45) is 2.39. The molecule has 0 bridgehead atoms. The van der Waals surface area contributed by atoms with Crippen LogP contribution in [0.25, 0.3) is 22.9 Å². The van der Waals surface area contributed by atoms with E-state index in [0.717, 1.165) is 40.3 Å². The Labute approximate surface area is 182 Å². The highest BCUT2D eigenvalue weighted by molar-refractivity contribution is 7.86. The highest BCUT2D eigenvalue weighted by atomic mass is 32.2. The SMILES string of the molecule is Cc1nc(-c2cn3c(n2)-c2cc(C(C)OS(C)(=O)=O)c(C)cc2OCC3)n(C(C)C)n1. The monoisotopic (exact) mass is 445 g/mol. The summed E-state index contributed by atoms with van der Waals surface area (Å²) in [6.45, 7) is 10.7. The lowest BCUT2D eigenvalue weighted by molar-refractivity contribution is 0.236. The van der Waals surface area contributed by atoms with Gasteiger partial charge in [-0.1, -0.05) is 0 Å². The maximum atomic E-state index is 11.6. The molecule has 2 aromatic heterocycles. The molecule has 0 N–H and O–H groups in total. The van der Waals surface area contributed by atoms with E-state index in [1.807, 2.05) is 41.4 Å². The van der Waals surface area contributed by atoms with E-state index in [1.165, 1.54) is 0 Å². The van der Waals surface area contributed by atoms with Gasteiger partial charge >= 0.3 is 0 Å². The molecule has 4 rings (SSSR count). The van der Waals surface area contributed by atoms with Gasteiger partial charge in [0.1, 0.15) is 29.7 Å². The van der Waals surface area contributed by atoms with Gasteiger partial charge in [-0.15, -0.1) is 0 Å². The predicted molar refractivity (Wildman–Crippen MR) is 116 cm³/mol. The van der Waals surface area contributed by atoms with Crippen molar-refractivity contribution in [1.82, 2.24) is 24.3 Å². The van der Waals surface area contributed by atoms with Crippen molar-refractivity contribution in [1.29, 1.82) is 0 Å². The van der Waals surface area contributed by atoms with Crippen LogP contribution in [0.15, 0.2) is 18.3 Å². The minimum atomic E-state index is -3.59. The van der Waals surface area contributed by atoms with E-state index in [2.05, 4.69) is 23.9 Å². The predicted octanol–water partition coefficient (Wildman–Crippen LogP) is 3.44. The first kappa shape index (κ1) is 21.5. The number of benzene rings is 1. The Balaban J connectivity index is 1.84. The second kappa shape index (κ2) is 7.76. The smallest absolute Gasteiger partial charge is 0.264 e. The molecular weight excluding hydrogens is 418 g/mol. The van der Waals surface area contributed by atoms with Crippen molar-refractivity contribution in [3.63, 3.8) is 0 Å². The van der Waals surface area contributed by atoms with Crippen molar-refractivity contribution in [2.75, 3.05) is 12.9 Å². The fourth-order valence-electron chi connectivity index (χ4n) is 3.87. The maximum Gasteiger partial charge on any atom is 0.264 e. The molecule has 3 heterocycles. The van der Waals surface area contributed by atoms with Gasteiger partial charge in [0.05, 0.1) is 24.5 Å². The molecule has 166 valence electrons. The molecule has 1 aliphatic rings. The Morgan fingerprint density at radius 1 is 1.13 bits per heavy atom. The summed E-state index contributed by atoms with van der Waals surface area (Å²) in [4.78, 5) is 9.47. The molecule has 31 heavy (non-hydrogen) atoms. The van der Waals surface area contributed by atoms with Gasteiger partial charge in [0.25, 0.3) is 10.1 Å². The van der Waals surface area contributed by atoms with Gasteiger partial charge in [-0.2, -0.15) is 13.5 Å². The fourth-order valence-corrected chi connectivity index (χ4v) is 4.50. The molecule has 0 saturated heterocycles. The molecule has 0 fully saturated rings. The molecule has 9 nitrogen and oxygen atoms in total. The number of ether oxygens (including phenoxy) is 1. The van der Waals surface area contributed by atoms with E-state index in [9.17, 15) is 8.42 Å². The molecular formula is C21H27N5O4S. The highest BCUT2D eigenvalue weighted by Gasteiger charge is 2.25. The Hall–Kier alpha value is -2.72. The number of fused-ring (bicyclic) bond motifs is 3. The third-order valence-electron chi connectivity index (χ3n) is 5.19. The lowest BCUT2D eigenvalue weighted by atomic mass is 10.00. The number of rotatable bonds is 5. The number of hydrogen-bond acceptors (Lipinski definition) is 7. The number of aromatic nitrogens is 5. The molecule has 0 aliphatic carbocycles. The summed E-state index contributed by atoms with van der Waals surface area (Å²) in [5.41, 5.74) is 3.19. The Bertz CT molecular complexity index is 1240. The highest BCUT2D eigenvalue weighted by Crippen LogP contribution is 2.38. The van der Waals surface area contributed by atoms with Crippen molar-refractivity contribution < 1.29 is 17.3 Å². The first-order valence-corrected chi connectivity index (χ1v) is 12.0.